The van der Waals surface area contributed by atoms with E-state index in [4.69, 9.17) is 5.11 Å². The van der Waals surface area contributed by atoms with Crippen molar-refractivity contribution >= 4 is 27.8 Å². The third-order valence-corrected chi connectivity index (χ3v) is 6.75. The molecule has 1 amide bonds. The minimum absolute atomic E-state index is 0.0678. The van der Waals surface area contributed by atoms with Gasteiger partial charge in [0.1, 0.15) is 0 Å². The highest BCUT2D eigenvalue weighted by atomic mass is 79.9. The van der Waals surface area contributed by atoms with Crippen molar-refractivity contribution < 1.29 is 14.7 Å². The number of rotatable bonds is 3. The first-order valence-electron chi connectivity index (χ1n) is 8.82. The van der Waals surface area contributed by atoms with E-state index in [1.165, 1.54) is 11.1 Å². The second-order valence-corrected chi connectivity index (χ2v) is 8.53. The van der Waals surface area contributed by atoms with Gasteiger partial charge in [0, 0.05) is 21.8 Å². The number of nitrogens with one attached hydrogen (secondary N) is 1. The van der Waals surface area contributed by atoms with Crippen molar-refractivity contribution in [3.63, 3.8) is 0 Å². The highest BCUT2D eigenvalue weighted by molar-refractivity contribution is 9.10. The van der Waals surface area contributed by atoms with E-state index in [1.54, 1.807) is 0 Å². The molecule has 2 unspecified atom stereocenters. The highest BCUT2D eigenvalue weighted by Crippen LogP contribution is 2.61. The summed E-state index contributed by atoms with van der Waals surface area (Å²) < 4.78 is 1.11. The van der Waals surface area contributed by atoms with E-state index in [0.29, 0.717) is 12.8 Å². The summed E-state index contributed by atoms with van der Waals surface area (Å²) in [6, 6.07) is 6.59. The molecule has 5 heteroatoms. The van der Waals surface area contributed by atoms with Crippen LogP contribution in [-0.4, -0.2) is 23.0 Å². The lowest BCUT2D eigenvalue weighted by Crippen LogP contribution is -2.40. The van der Waals surface area contributed by atoms with E-state index in [1.807, 2.05) is 0 Å². The molecule has 2 atom stereocenters. The molecule has 24 heavy (non-hydrogen) atoms. The van der Waals surface area contributed by atoms with Crippen LogP contribution in [0.4, 0.5) is 0 Å². The van der Waals surface area contributed by atoms with Crippen LogP contribution in [-0.2, 0) is 21.4 Å². The van der Waals surface area contributed by atoms with Gasteiger partial charge in [0.15, 0.2) is 0 Å². The fourth-order valence-electron chi connectivity index (χ4n) is 4.76. The number of hydrogen-bond acceptors (Lipinski definition) is 2. The Kier molecular flexibility index (Phi) is 3.94. The van der Waals surface area contributed by atoms with Crippen molar-refractivity contribution in [2.75, 3.05) is 0 Å². The number of hydrogen-bond donors (Lipinski definition) is 2. The van der Waals surface area contributed by atoms with Crippen molar-refractivity contribution in [3.05, 3.63) is 33.8 Å². The van der Waals surface area contributed by atoms with Gasteiger partial charge in [-0.25, -0.2) is 0 Å². The Morgan fingerprint density at radius 3 is 2.67 bits per heavy atom. The van der Waals surface area contributed by atoms with Crippen LogP contribution in [0, 0.1) is 11.8 Å². The number of fused-ring (bicyclic) bond motifs is 2. The number of carboxylic acid groups (broad SMARTS) is 1. The molecule has 4 rings (SSSR count). The standard InChI is InChI=1S/C19H22BrNO3/c20-13-3-6-15-12(9-13)7-8-19(15)10-16(19)17(22)21-14-4-1-11(2-5-14)18(23)24/h3,6,9,11,14,16H,1-2,4-5,7-8,10H2,(H,21,22)(H,23,24). The average molecular weight is 392 g/mol. The van der Waals surface area contributed by atoms with Gasteiger partial charge in [0.25, 0.3) is 0 Å². The normalized spacial score (nSPS) is 34.0. The Balaban J connectivity index is 1.38. The topological polar surface area (TPSA) is 66.4 Å². The van der Waals surface area contributed by atoms with Crippen molar-refractivity contribution in [1.29, 1.82) is 0 Å². The number of carbonyl (C=O) groups excluding carboxylic acids is 1. The molecule has 1 spiro atoms. The molecule has 1 aromatic carbocycles. The Hall–Kier alpha value is -1.36. The summed E-state index contributed by atoms with van der Waals surface area (Å²) in [5, 5.41) is 12.3. The summed E-state index contributed by atoms with van der Waals surface area (Å²) in [6.45, 7) is 0. The number of halogens is 1. The molecule has 3 aliphatic rings. The first-order chi connectivity index (χ1) is 11.5. The number of benzene rings is 1. The van der Waals surface area contributed by atoms with Gasteiger partial charge in [-0.2, -0.15) is 0 Å². The van der Waals surface area contributed by atoms with Gasteiger partial charge in [0.05, 0.1) is 5.92 Å². The lowest BCUT2D eigenvalue weighted by Gasteiger charge is -2.27. The van der Waals surface area contributed by atoms with Gasteiger partial charge in [-0.15, -0.1) is 0 Å². The first kappa shape index (κ1) is 16.1. The van der Waals surface area contributed by atoms with Gasteiger partial charge in [0.2, 0.25) is 5.91 Å². The number of carbonyl (C=O) groups is 2. The lowest BCUT2D eigenvalue weighted by molar-refractivity contribution is -0.142. The average Bonchev–Trinajstić information content (AvgIpc) is 3.18. The number of carboxylic acids is 1. The summed E-state index contributed by atoms with van der Waals surface area (Å²) in [6.07, 6.45) is 6.00. The van der Waals surface area contributed by atoms with Crippen LogP contribution in [0.5, 0.6) is 0 Å². The molecule has 2 fully saturated rings. The molecule has 0 aromatic heterocycles. The lowest BCUT2D eigenvalue weighted by atomic mass is 9.86. The summed E-state index contributed by atoms with van der Waals surface area (Å²) in [7, 11) is 0. The van der Waals surface area contributed by atoms with Crippen LogP contribution in [0.2, 0.25) is 0 Å². The van der Waals surface area contributed by atoms with Gasteiger partial charge in [-0.1, -0.05) is 22.0 Å². The molecule has 2 saturated carbocycles. The smallest absolute Gasteiger partial charge is 0.306 e. The Morgan fingerprint density at radius 2 is 1.96 bits per heavy atom. The quantitative estimate of drug-likeness (QED) is 0.829. The second-order valence-electron chi connectivity index (χ2n) is 7.61. The SMILES string of the molecule is O=C(O)C1CCC(NC(=O)C2CC23CCc2cc(Br)ccc23)CC1. The second kappa shape index (κ2) is 5.87. The third kappa shape index (κ3) is 2.67. The fraction of sp³-hybridized carbons (Fsp3) is 0.579. The maximum absolute atomic E-state index is 12.7. The molecule has 3 aliphatic carbocycles. The maximum Gasteiger partial charge on any atom is 0.306 e. The summed E-state index contributed by atoms with van der Waals surface area (Å²) in [5.74, 6) is -0.665. The molecular formula is C19H22BrNO3. The van der Waals surface area contributed by atoms with Crippen molar-refractivity contribution in [2.45, 2.75) is 56.4 Å². The summed E-state index contributed by atoms with van der Waals surface area (Å²) >= 11 is 3.53. The molecule has 1 aromatic rings. The molecule has 0 radical (unpaired) electrons. The van der Waals surface area contributed by atoms with Gasteiger partial charge < -0.3 is 10.4 Å². The number of aryl methyl sites for hydroxylation is 1. The zero-order valence-electron chi connectivity index (χ0n) is 13.6. The monoisotopic (exact) mass is 391 g/mol. The van der Waals surface area contributed by atoms with Crippen LogP contribution in [0.1, 0.15) is 49.7 Å². The van der Waals surface area contributed by atoms with Crippen molar-refractivity contribution in [1.82, 2.24) is 5.32 Å². The van der Waals surface area contributed by atoms with Gasteiger partial charge >= 0.3 is 5.97 Å². The molecule has 4 nitrogen and oxygen atoms in total. The number of amides is 1. The minimum Gasteiger partial charge on any atom is -0.481 e. The minimum atomic E-state index is -0.699. The zero-order valence-corrected chi connectivity index (χ0v) is 15.1. The van der Waals surface area contributed by atoms with E-state index in [0.717, 1.165) is 36.6 Å². The van der Waals surface area contributed by atoms with E-state index < -0.39 is 5.97 Å². The van der Waals surface area contributed by atoms with Crippen LogP contribution < -0.4 is 5.32 Å². The largest absolute Gasteiger partial charge is 0.481 e. The predicted octanol–water partition coefficient (Wildman–Crippen LogP) is 3.41. The molecule has 0 aliphatic heterocycles. The van der Waals surface area contributed by atoms with Crippen LogP contribution in [0.3, 0.4) is 0 Å². The van der Waals surface area contributed by atoms with E-state index in [9.17, 15) is 9.59 Å². The maximum atomic E-state index is 12.7. The Morgan fingerprint density at radius 1 is 1.21 bits per heavy atom. The Bertz CT molecular complexity index is 696. The molecule has 2 N–H and O–H groups in total. The molecule has 0 saturated heterocycles. The molecule has 128 valence electrons. The first-order valence-corrected chi connectivity index (χ1v) is 9.61. The van der Waals surface area contributed by atoms with Crippen LogP contribution in [0.25, 0.3) is 0 Å². The van der Waals surface area contributed by atoms with E-state index in [-0.39, 0.29) is 29.2 Å². The summed E-state index contributed by atoms with van der Waals surface area (Å²) in [5.41, 5.74) is 2.81. The fourth-order valence-corrected chi connectivity index (χ4v) is 5.17. The van der Waals surface area contributed by atoms with Crippen LogP contribution >= 0.6 is 15.9 Å². The Labute approximate surface area is 150 Å². The molecule has 0 heterocycles. The van der Waals surface area contributed by atoms with E-state index in [2.05, 4.69) is 39.4 Å². The summed E-state index contributed by atoms with van der Waals surface area (Å²) in [4.78, 5) is 23.7. The highest BCUT2D eigenvalue weighted by Gasteiger charge is 2.61. The molecular weight excluding hydrogens is 370 g/mol. The van der Waals surface area contributed by atoms with E-state index >= 15 is 0 Å². The molecule has 0 bridgehead atoms. The zero-order chi connectivity index (χ0) is 16.9. The van der Waals surface area contributed by atoms with Crippen molar-refractivity contribution in [3.8, 4) is 0 Å². The van der Waals surface area contributed by atoms with Gasteiger partial charge in [-0.05, 0) is 68.2 Å². The van der Waals surface area contributed by atoms with Crippen LogP contribution in [0.15, 0.2) is 22.7 Å². The number of aliphatic carboxylic acids is 1. The third-order valence-electron chi connectivity index (χ3n) is 6.26. The van der Waals surface area contributed by atoms with Crippen molar-refractivity contribution in [2.24, 2.45) is 11.8 Å². The van der Waals surface area contributed by atoms with Gasteiger partial charge in [-0.3, -0.25) is 9.59 Å². The predicted molar refractivity (Wildman–Crippen MR) is 93.8 cm³/mol.